The number of benzene rings is 1. The number of hydrogen-bond acceptors (Lipinski definition) is 4. The lowest BCUT2D eigenvalue weighted by molar-refractivity contribution is 0.100. The molecule has 2 heterocycles. The van der Waals surface area contributed by atoms with E-state index in [1.54, 1.807) is 17.4 Å². The lowest BCUT2D eigenvalue weighted by atomic mass is 10.1. The van der Waals surface area contributed by atoms with E-state index in [2.05, 4.69) is 33.9 Å². The van der Waals surface area contributed by atoms with Gasteiger partial charge in [-0.2, -0.15) is 0 Å². The lowest BCUT2D eigenvalue weighted by Crippen LogP contribution is -2.15. The maximum absolute atomic E-state index is 11.4. The third kappa shape index (κ3) is 2.84. The van der Waals surface area contributed by atoms with Crippen molar-refractivity contribution in [2.45, 2.75) is 6.54 Å². The first-order valence-corrected chi connectivity index (χ1v) is 7.55. The molecule has 0 aliphatic rings. The van der Waals surface area contributed by atoms with Crippen LogP contribution in [-0.4, -0.2) is 10.9 Å². The zero-order valence-corrected chi connectivity index (χ0v) is 12.5. The van der Waals surface area contributed by atoms with E-state index >= 15 is 0 Å². The minimum Gasteiger partial charge on any atom is -0.380 e. The molecule has 0 fully saturated rings. The van der Waals surface area contributed by atoms with Crippen molar-refractivity contribution < 1.29 is 4.79 Å². The Labute approximate surface area is 130 Å². The molecule has 21 heavy (non-hydrogen) atoms. The molecule has 0 aliphatic heterocycles. The van der Waals surface area contributed by atoms with Crippen molar-refractivity contribution in [2.75, 3.05) is 5.32 Å². The number of aromatic nitrogens is 1. The summed E-state index contributed by atoms with van der Waals surface area (Å²) >= 11 is 7.57. The van der Waals surface area contributed by atoms with Crippen LogP contribution in [0.25, 0.3) is 10.1 Å². The fraction of sp³-hybridized carbons (Fsp3) is 0.0667. The molecule has 0 saturated heterocycles. The number of fused-ring (bicyclic) bond motifs is 1. The molecule has 2 aromatic heterocycles. The molecule has 6 heteroatoms. The number of hydrogen-bond donors (Lipinski definition) is 2. The number of nitrogens with zero attached hydrogens (tertiary/aromatic N) is 1. The molecule has 3 N–H and O–H groups in total. The summed E-state index contributed by atoms with van der Waals surface area (Å²) in [4.78, 5) is 15.3. The summed E-state index contributed by atoms with van der Waals surface area (Å²) < 4.78 is 1.23. The molecule has 0 bridgehead atoms. The Morgan fingerprint density at radius 1 is 1.38 bits per heavy atom. The minimum atomic E-state index is -0.531. The zero-order chi connectivity index (χ0) is 14.8. The van der Waals surface area contributed by atoms with Crippen molar-refractivity contribution in [3.8, 4) is 0 Å². The highest BCUT2D eigenvalue weighted by atomic mass is 35.5. The van der Waals surface area contributed by atoms with E-state index in [4.69, 9.17) is 17.3 Å². The lowest BCUT2D eigenvalue weighted by Gasteiger charge is -2.11. The van der Waals surface area contributed by atoms with Crippen molar-refractivity contribution in [1.29, 1.82) is 0 Å². The summed E-state index contributed by atoms with van der Waals surface area (Å²) in [5.41, 5.74) is 7.43. The van der Waals surface area contributed by atoms with Gasteiger partial charge in [0, 0.05) is 17.4 Å². The van der Waals surface area contributed by atoms with Crippen LogP contribution >= 0.6 is 22.9 Å². The van der Waals surface area contributed by atoms with E-state index in [0.717, 1.165) is 5.56 Å². The second kappa shape index (κ2) is 5.71. The topological polar surface area (TPSA) is 68.0 Å². The number of primary amides is 1. The van der Waals surface area contributed by atoms with Crippen LogP contribution in [0.15, 0.2) is 41.9 Å². The van der Waals surface area contributed by atoms with Crippen LogP contribution in [0, 0.1) is 0 Å². The van der Waals surface area contributed by atoms with Gasteiger partial charge in [-0.15, -0.1) is 11.3 Å². The van der Waals surface area contributed by atoms with Gasteiger partial charge < -0.3 is 11.1 Å². The Morgan fingerprint density at radius 3 is 3.05 bits per heavy atom. The molecule has 106 valence electrons. The van der Waals surface area contributed by atoms with Crippen LogP contribution < -0.4 is 11.1 Å². The summed E-state index contributed by atoms with van der Waals surface area (Å²) in [6.07, 6.45) is 1.39. The third-order valence-corrected chi connectivity index (χ3v) is 4.38. The molecule has 1 amide bonds. The second-order valence-electron chi connectivity index (χ2n) is 4.53. The monoisotopic (exact) mass is 317 g/mol. The van der Waals surface area contributed by atoms with Gasteiger partial charge in [-0.25, -0.2) is 4.98 Å². The average Bonchev–Trinajstić information content (AvgIpc) is 2.93. The highest BCUT2D eigenvalue weighted by Gasteiger charge is 2.10. The maximum Gasteiger partial charge on any atom is 0.252 e. The molecule has 0 radical (unpaired) electrons. The van der Waals surface area contributed by atoms with Gasteiger partial charge in [0.05, 0.1) is 11.3 Å². The molecule has 3 rings (SSSR count). The molecular weight excluding hydrogens is 306 g/mol. The van der Waals surface area contributed by atoms with Gasteiger partial charge in [0.2, 0.25) is 0 Å². The van der Waals surface area contributed by atoms with Gasteiger partial charge in [0.1, 0.15) is 5.15 Å². The number of thiophene rings is 1. The van der Waals surface area contributed by atoms with Crippen molar-refractivity contribution in [1.82, 2.24) is 4.98 Å². The summed E-state index contributed by atoms with van der Waals surface area (Å²) in [5, 5.41) is 6.80. The van der Waals surface area contributed by atoms with E-state index in [1.165, 1.54) is 16.3 Å². The number of carbonyl (C=O) groups excluding carboxylic acids is 1. The van der Waals surface area contributed by atoms with E-state index < -0.39 is 5.91 Å². The van der Waals surface area contributed by atoms with Crippen molar-refractivity contribution in [2.24, 2.45) is 5.73 Å². The maximum atomic E-state index is 11.4. The predicted octanol–water partition coefficient (Wildman–Crippen LogP) is 3.66. The van der Waals surface area contributed by atoms with E-state index in [1.807, 2.05) is 6.07 Å². The van der Waals surface area contributed by atoms with Gasteiger partial charge in [-0.05, 0) is 28.5 Å². The normalized spacial score (nSPS) is 10.7. The Balaban J connectivity index is 1.90. The summed E-state index contributed by atoms with van der Waals surface area (Å²) in [6.45, 7) is 0.582. The molecule has 0 aliphatic carbocycles. The third-order valence-electron chi connectivity index (χ3n) is 3.17. The fourth-order valence-electron chi connectivity index (χ4n) is 2.16. The highest BCUT2D eigenvalue weighted by Crippen LogP contribution is 2.26. The van der Waals surface area contributed by atoms with Crippen molar-refractivity contribution >= 4 is 44.6 Å². The number of amides is 1. The SMILES string of the molecule is NC(=O)c1cnc(Cl)cc1NCc1cccc2ccsc12. The number of nitrogens with two attached hydrogens (primary N) is 1. The number of nitrogens with one attached hydrogen (secondary N) is 1. The number of rotatable bonds is 4. The van der Waals surface area contributed by atoms with Gasteiger partial charge in [0.15, 0.2) is 0 Å². The molecule has 0 spiro atoms. The van der Waals surface area contributed by atoms with E-state index in [-0.39, 0.29) is 0 Å². The molecule has 3 aromatic rings. The van der Waals surface area contributed by atoms with E-state index in [9.17, 15) is 4.79 Å². The van der Waals surface area contributed by atoms with Crippen LogP contribution in [0.2, 0.25) is 5.15 Å². The van der Waals surface area contributed by atoms with Crippen LogP contribution in [-0.2, 0) is 6.54 Å². The molecule has 1 aromatic carbocycles. The van der Waals surface area contributed by atoms with Crippen molar-refractivity contribution in [3.05, 3.63) is 58.2 Å². The Hall–Kier alpha value is -2.11. The Bertz CT molecular complexity index is 816. The van der Waals surface area contributed by atoms with Crippen LogP contribution in [0.5, 0.6) is 0 Å². The van der Waals surface area contributed by atoms with E-state index in [0.29, 0.717) is 22.9 Å². The van der Waals surface area contributed by atoms with Crippen LogP contribution in [0.4, 0.5) is 5.69 Å². The quantitative estimate of drug-likeness (QED) is 0.721. The first-order valence-electron chi connectivity index (χ1n) is 6.29. The highest BCUT2D eigenvalue weighted by molar-refractivity contribution is 7.17. The number of pyridine rings is 1. The summed E-state index contributed by atoms with van der Waals surface area (Å²) in [7, 11) is 0. The molecule has 0 unspecified atom stereocenters. The fourth-order valence-corrected chi connectivity index (χ4v) is 3.23. The smallest absolute Gasteiger partial charge is 0.252 e. The summed E-state index contributed by atoms with van der Waals surface area (Å²) in [6, 6.07) is 9.84. The molecule has 0 atom stereocenters. The molecule has 0 saturated carbocycles. The first-order chi connectivity index (χ1) is 10.1. The first kappa shape index (κ1) is 13.9. The van der Waals surface area contributed by atoms with Gasteiger partial charge in [0.25, 0.3) is 5.91 Å². The average molecular weight is 318 g/mol. The molecular formula is C15H12ClN3OS. The Morgan fingerprint density at radius 2 is 2.24 bits per heavy atom. The van der Waals surface area contributed by atoms with Crippen LogP contribution in [0.3, 0.4) is 0 Å². The minimum absolute atomic E-state index is 0.317. The van der Waals surface area contributed by atoms with Gasteiger partial charge >= 0.3 is 0 Å². The molecule has 4 nitrogen and oxygen atoms in total. The van der Waals surface area contributed by atoms with Crippen LogP contribution in [0.1, 0.15) is 15.9 Å². The summed E-state index contributed by atoms with van der Waals surface area (Å²) in [5.74, 6) is -0.531. The van der Waals surface area contributed by atoms with Gasteiger partial charge in [-0.1, -0.05) is 29.8 Å². The van der Waals surface area contributed by atoms with Gasteiger partial charge in [-0.3, -0.25) is 4.79 Å². The van der Waals surface area contributed by atoms with Crippen molar-refractivity contribution in [3.63, 3.8) is 0 Å². The standard InChI is InChI=1S/C15H12ClN3OS/c16-13-6-12(11(8-19-13)15(17)20)18-7-10-3-1-2-9-4-5-21-14(9)10/h1-6,8H,7H2,(H2,17,20)(H,18,19). The zero-order valence-electron chi connectivity index (χ0n) is 11.0. The second-order valence-corrected chi connectivity index (χ2v) is 5.83. The predicted molar refractivity (Wildman–Crippen MR) is 86.9 cm³/mol. The number of carbonyl (C=O) groups is 1. The largest absolute Gasteiger partial charge is 0.380 e. The number of halogens is 1. The number of anilines is 1. The Kier molecular flexibility index (Phi) is 3.77.